The summed E-state index contributed by atoms with van der Waals surface area (Å²) in [7, 11) is 0. The summed E-state index contributed by atoms with van der Waals surface area (Å²) in [5, 5.41) is 1.79. The molecule has 1 aliphatic carbocycles. The van der Waals surface area contributed by atoms with Crippen LogP contribution in [0.2, 0.25) is 5.02 Å². The van der Waals surface area contributed by atoms with Gasteiger partial charge in [-0.1, -0.05) is 46.4 Å². The zero-order valence-corrected chi connectivity index (χ0v) is 12.9. The molecule has 1 heterocycles. The average molecular weight is 329 g/mol. The molecule has 0 amide bonds. The Labute approximate surface area is 123 Å². The van der Waals surface area contributed by atoms with Crippen molar-refractivity contribution < 1.29 is 0 Å². The predicted octanol–water partition coefficient (Wildman–Crippen LogP) is 5.00. The van der Waals surface area contributed by atoms with Crippen molar-refractivity contribution in [3.8, 4) is 0 Å². The Morgan fingerprint density at radius 1 is 1.22 bits per heavy atom. The first-order valence-electron chi connectivity index (χ1n) is 6.90. The van der Waals surface area contributed by atoms with E-state index in [0.29, 0.717) is 0 Å². The molecule has 1 nitrogen and oxygen atoms in total. The van der Waals surface area contributed by atoms with Crippen LogP contribution >= 0.6 is 27.5 Å². The van der Waals surface area contributed by atoms with E-state index in [0.717, 1.165) is 22.3 Å². The molecule has 1 aromatic rings. The van der Waals surface area contributed by atoms with Crippen molar-refractivity contribution in [3.63, 3.8) is 0 Å². The lowest BCUT2D eigenvalue weighted by Gasteiger charge is -2.33. The predicted molar refractivity (Wildman–Crippen MR) is 81.8 cm³/mol. The third kappa shape index (κ3) is 2.30. The van der Waals surface area contributed by atoms with Crippen LogP contribution in [0.3, 0.4) is 0 Å². The molecule has 2 aliphatic rings. The maximum Gasteiger partial charge on any atom is 0.0642 e. The lowest BCUT2D eigenvalue weighted by atomic mass is 9.85. The molecule has 0 bridgehead atoms. The number of halogens is 2. The minimum Gasteiger partial charge on any atom is -0.367 e. The van der Waals surface area contributed by atoms with E-state index in [1.54, 1.807) is 0 Å². The summed E-state index contributed by atoms with van der Waals surface area (Å²) < 4.78 is 0. The number of hydrogen-bond donors (Lipinski definition) is 0. The third-order valence-corrected chi connectivity index (χ3v) is 5.44. The first-order valence-corrected chi connectivity index (χ1v) is 8.40. The van der Waals surface area contributed by atoms with Crippen molar-refractivity contribution in [1.82, 2.24) is 0 Å². The van der Waals surface area contributed by atoms with Gasteiger partial charge in [0.25, 0.3) is 0 Å². The molecule has 1 aromatic carbocycles. The average Bonchev–Trinajstić information content (AvgIpc) is 2.82. The molecule has 3 rings (SSSR count). The fourth-order valence-electron chi connectivity index (χ4n) is 3.57. The van der Waals surface area contributed by atoms with E-state index >= 15 is 0 Å². The third-order valence-electron chi connectivity index (χ3n) is 4.49. The van der Waals surface area contributed by atoms with Crippen LogP contribution in [-0.2, 0) is 5.33 Å². The van der Waals surface area contributed by atoms with E-state index in [9.17, 15) is 0 Å². The van der Waals surface area contributed by atoms with Gasteiger partial charge in [-0.05, 0) is 42.9 Å². The van der Waals surface area contributed by atoms with Gasteiger partial charge in [-0.2, -0.15) is 0 Å². The highest BCUT2D eigenvalue weighted by Crippen LogP contribution is 2.41. The largest absolute Gasteiger partial charge is 0.367 e. The van der Waals surface area contributed by atoms with Gasteiger partial charge in [-0.15, -0.1) is 0 Å². The minimum atomic E-state index is 0.742. The van der Waals surface area contributed by atoms with Crippen LogP contribution in [0, 0.1) is 5.92 Å². The van der Waals surface area contributed by atoms with Gasteiger partial charge in [0.1, 0.15) is 0 Å². The van der Waals surface area contributed by atoms with Crippen LogP contribution in [0.1, 0.15) is 37.7 Å². The zero-order chi connectivity index (χ0) is 12.5. The van der Waals surface area contributed by atoms with Crippen molar-refractivity contribution in [1.29, 1.82) is 0 Å². The molecule has 98 valence electrons. The van der Waals surface area contributed by atoms with Gasteiger partial charge in [0.15, 0.2) is 0 Å². The van der Waals surface area contributed by atoms with E-state index in [2.05, 4.69) is 39.0 Å². The van der Waals surface area contributed by atoms with Crippen molar-refractivity contribution in [2.45, 2.75) is 43.5 Å². The van der Waals surface area contributed by atoms with E-state index in [-0.39, 0.29) is 0 Å². The smallest absolute Gasteiger partial charge is 0.0642 e. The SMILES string of the molecule is Clc1cc(CBr)ccc1N1CCC2CCCCC21. The lowest BCUT2D eigenvalue weighted by molar-refractivity contribution is 0.342. The first-order chi connectivity index (χ1) is 8.79. The topological polar surface area (TPSA) is 3.24 Å². The normalized spacial score (nSPS) is 27.3. The van der Waals surface area contributed by atoms with Crippen molar-refractivity contribution >= 4 is 33.2 Å². The van der Waals surface area contributed by atoms with Gasteiger partial charge in [0.05, 0.1) is 10.7 Å². The van der Waals surface area contributed by atoms with Gasteiger partial charge in [0, 0.05) is 17.9 Å². The standard InChI is InChI=1S/C15H19BrClN/c16-10-11-5-6-15(13(17)9-11)18-8-7-12-3-1-2-4-14(12)18/h5-6,9,12,14H,1-4,7-8,10H2. The quantitative estimate of drug-likeness (QED) is 0.690. The number of rotatable bonds is 2. The molecular weight excluding hydrogens is 310 g/mol. The highest BCUT2D eigenvalue weighted by molar-refractivity contribution is 9.08. The Morgan fingerprint density at radius 2 is 2.06 bits per heavy atom. The Balaban J connectivity index is 1.86. The van der Waals surface area contributed by atoms with Crippen LogP contribution in [0.25, 0.3) is 0 Å². The number of alkyl halides is 1. The second-order valence-electron chi connectivity index (χ2n) is 5.51. The minimum absolute atomic E-state index is 0.742. The van der Waals surface area contributed by atoms with Gasteiger partial charge in [-0.25, -0.2) is 0 Å². The number of nitrogens with zero attached hydrogens (tertiary/aromatic N) is 1. The molecule has 0 N–H and O–H groups in total. The molecule has 1 saturated carbocycles. The fourth-order valence-corrected chi connectivity index (χ4v) is 4.23. The van der Waals surface area contributed by atoms with Crippen molar-refractivity contribution in [2.75, 3.05) is 11.4 Å². The molecule has 2 fully saturated rings. The molecular formula is C15H19BrClN. The number of benzene rings is 1. The summed E-state index contributed by atoms with van der Waals surface area (Å²) in [6.45, 7) is 1.18. The molecule has 2 unspecified atom stereocenters. The summed E-state index contributed by atoms with van der Waals surface area (Å²) in [6, 6.07) is 7.23. The first kappa shape index (κ1) is 12.8. The van der Waals surface area contributed by atoms with E-state index in [1.165, 1.54) is 49.9 Å². The molecule has 1 saturated heterocycles. The summed E-state index contributed by atoms with van der Waals surface area (Å²) in [5.74, 6) is 0.908. The number of fused-ring (bicyclic) bond motifs is 1. The lowest BCUT2D eigenvalue weighted by Crippen LogP contribution is -2.34. The van der Waals surface area contributed by atoms with E-state index < -0.39 is 0 Å². The van der Waals surface area contributed by atoms with Crippen LogP contribution < -0.4 is 4.90 Å². The zero-order valence-electron chi connectivity index (χ0n) is 10.5. The van der Waals surface area contributed by atoms with Gasteiger partial charge >= 0.3 is 0 Å². The van der Waals surface area contributed by atoms with Crippen molar-refractivity contribution in [3.05, 3.63) is 28.8 Å². The maximum absolute atomic E-state index is 6.46. The van der Waals surface area contributed by atoms with Crippen molar-refractivity contribution in [2.24, 2.45) is 5.92 Å². The molecule has 18 heavy (non-hydrogen) atoms. The Morgan fingerprint density at radius 3 is 2.83 bits per heavy atom. The van der Waals surface area contributed by atoms with Crippen LogP contribution in [0.15, 0.2) is 18.2 Å². The monoisotopic (exact) mass is 327 g/mol. The fraction of sp³-hybridized carbons (Fsp3) is 0.600. The molecule has 0 spiro atoms. The summed E-state index contributed by atoms with van der Waals surface area (Å²) in [4.78, 5) is 2.56. The summed E-state index contributed by atoms with van der Waals surface area (Å²) >= 11 is 9.94. The second-order valence-corrected chi connectivity index (χ2v) is 6.48. The maximum atomic E-state index is 6.46. The van der Waals surface area contributed by atoms with E-state index in [4.69, 9.17) is 11.6 Å². The Hall–Kier alpha value is -0.210. The van der Waals surface area contributed by atoms with Crippen LogP contribution in [-0.4, -0.2) is 12.6 Å². The molecule has 2 atom stereocenters. The van der Waals surface area contributed by atoms with Gasteiger partial charge in [-0.3, -0.25) is 0 Å². The number of anilines is 1. The van der Waals surface area contributed by atoms with Gasteiger partial charge < -0.3 is 4.90 Å². The molecule has 3 heteroatoms. The molecule has 1 aliphatic heterocycles. The highest BCUT2D eigenvalue weighted by atomic mass is 79.9. The molecule has 0 aromatic heterocycles. The van der Waals surface area contributed by atoms with E-state index in [1.807, 2.05) is 0 Å². The van der Waals surface area contributed by atoms with Crippen LogP contribution in [0.4, 0.5) is 5.69 Å². The summed E-state index contributed by atoms with van der Waals surface area (Å²) in [6.07, 6.45) is 6.92. The summed E-state index contributed by atoms with van der Waals surface area (Å²) in [5.41, 5.74) is 2.50. The van der Waals surface area contributed by atoms with Gasteiger partial charge in [0.2, 0.25) is 0 Å². The Bertz CT molecular complexity index is 435. The van der Waals surface area contributed by atoms with Crippen LogP contribution in [0.5, 0.6) is 0 Å². The Kier molecular flexibility index (Phi) is 3.86. The highest BCUT2D eigenvalue weighted by Gasteiger charge is 2.36. The molecule has 0 radical (unpaired) electrons. The second kappa shape index (κ2) is 5.42. The number of hydrogen-bond acceptors (Lipinski definition) is 1.